The third-order valence-electron chi connectivity index (χ3n) is 4.15. The molecule has 1 aliphatic heterocycles. The molecule has 0 radical (unpaired) electrons. The minimum Gasteiger partial charge on any atom is -0.494 e. The first kappa shape index (κ1) is 17.5. The smallest absolute Gasteiger partial charge is 0.234 e. The van der Waals surface area contributed by atoms with Crippen LogP contribution in [0.5, 0.6) is 5.75 Å². The van der Waals surface area contributed by atoms with Crippen molar-refractivity contribution in [1.29, 1.82) is 0 Å². The van der Waals surface area contributed by atoms with E-state index < -0.39 is 11.7 Å². The maximum atomic E-state index is 12.6. The zero-order chi connectivity index (χ0) is 17.7. The van der Waals surface area contributed by atoms with Gasteiger partial charge in [-0.05, 0) is 38.1 Å². The minimum absolute atomic E-state index is 0.122. The number of ether oxygens (including phenoxy) is 3. The maximum Gasteiger partial charge on any atom is 0.234 e. The van der Waals surface area contributed by atoms with Gasteiger partial charge in [0.25, 0.3) is 0 Å². The van der Waals surface area contributed by atoms with Crippen molar-refractivity contribution in [2.75, 3.05) is 25.1 Å². The molecule has 0 unspecified atom stereocenters. The van der Waals surface area contributed by atoms with Crippen molar-refractivity contribution in [3.8, 4) is 5.75 Å². The van der Waals surface area contributed by atoms with Crippen LogP contribution in [0.4, 0.5) is 5.69 Å². The molecule has 1 heterocycles. The summed E-state index contributed by atoms with van der Waals surface area (Å²) in [5.74, 6) is 0.657. The number of carbonyl (C=O) groups excluding carboxylic acids is 1. The van der Waals surface area contributed by atoms with Gasteiger partial charge < -0.3 is 19.5 Å². The van der Waals surface area contributed by atoms with E-state index in [4.69, 9.17) is 14.2 Å². The van der Waals surface area contributed by atoms with Gasteiger partial charge in [0, 0.05) is 11.3 Å². The summed E-state index contributed by atoms with van der Waals surface area (Å²) in [6, 6.07) is 17.0. The molecule has 1 fully saturated rings. The molecule has 25 heavy (non-hydrogen) atoms. The molecule has 3 rings (SSSR count). The van der Waals surface area contributed by atoms with E-state index in [9.17, 15) is 4.79 Å². The van der Waals surface area contributed by atoms with E-state index in [-0.39, 0.29) is 5.91 Å². The molecule has 0 saturated carbocycles. The number of amides is 1. The standard InChI is InChI=1S/C20H23NO4/c1-3-23-17-11-9-16(10-12-17)21-19(22)20(2)13-24-18(25-14-20)15-7-5-4-6-8-15/h4-12,18H,3,13-14H2,1-2H3,(H,21,22). The monoisotopic (exact) mass is 341 g/mol. The topological polar surface area (TPSA) is 56.8 Å². The van der Waals surface area contributed by atoms with E-state index in [1.807, 2.05) is 68.4 Å². The van der Waals surface area contributed by atoms with Gasteiger partial charge in [0.1, 0.15) is 5.75 Å². The van der Waals surface area contributed by atoms with Crippen LogP contribution in [0.25, 0.3) is 0 Å². The third-order valence-corrected chi connectivity index (χ3v) is 4.15. The van der Waals surface area contributed by atoms with E-state index in [1.54, 1.807) is 0 Å². The number of benzene rings is 2. The summed E-state index contributed by atoms with van der Waals surface area (Å²) >= 11 is 0. The number of anilines is 1. The Labute approximate surface area is 147 Å². The van der Waals surface area contributed by atoms with Crippen molar-refractivity contribution in [3.63, 3.8) is 0 Å². The van der Waals surface area contributed by atoms with Gasteiger partial charge >= 0.3 is 0 Å². The maximum absolute atomic E-state index is 12.6. The highest BCUT2D eigenvalue weighted by Gasteiger charge is 2.39. The summed E-state index contributed by atoms with van der Waals surface area (Å²) in [4.78, 5) is 12.6. The zero-order valence-electron chi connectivity index (χ0n) is 14.5. The van der Waals surface area contributed by atoms with Crippen LogP contribution in [-0.2, 0) is 14.3 Å². The molecule has 1 aliphatic rings. The molecule has 0 bridgehead atoms. The van der Waals surface area contributed by atoms with Gasteiger partial charge in [0.2, 0.25) is 5.91 Å². The first-order valence-electron chi connectivity index (χ1n) is 8.43. The van der Waals surface area contributed by atoms with Crippen LogP contribution in [-0.4, -0.2) is 25.7 Å². The van der Waals surface area contributed by atoms with Gasteiger partial charge in [0.05, 0.1) is 25.2 Å². The Bertz CT molecular complexity index is 691. The van der Waals surface area contributed by atoms with Gasteiger partial charge in [-0.15, -0.1) is 0 Å². The number of hydrogen-bond acceptors (Lipinski definition) is 4. The van der Waals surface area contributed by atoms with Gasteiger partial charge in [-0.3, -0.25) is 4.79 Å². The highest BCUT2D eigenvalue weighted by molar-refractivity contribution is 5.95. The van der Waals surface area contributed by atoms with E-state index in [2.05, 4.69) is 5.32 Å². The van der Waals surface area contributed by atoms with Crippen LogP contribution in [0.3, 0.4) is 0 Å². The summed E-state index contributed by atoms with van der Waals surface area (Å²) < 4.78 is 17.0. The highest BCUT2D eigenvalue weighted by atomic mass is 16.7. The van der Waals surface area contributed by atoms with Crippen LogP contribution in [0.2, 0.25) is 0 Å². The summed E-state index contributed by atoms with van der Waals surface area (Å²) in [6.45, 7) is 4.99. The largest absolute Gasteiger partial charge is 0.494 e. The van der Waals surface area contributed by atoms with Crippen LogP contribution in [0, 0.1) is 5.41 Å². The van der Waals surface area contributed by atoms with E-state index in [0.29, 0.717) is 19.8 Å². The summed E-state index contributed by atoms with van der Waals surface area (Å²) in [6.07, 6.45) is -0.424. The van der Waals surface area contributed by atoms with Crippen LogP contribution >= 0.6 is 0 Å². The van der Waals surface area contributed by atoms with Crippen molar-refractivity contribution < 1.29 is 19.0 Å². The quantitative estimate of drug-likeness (QED) is 0.899. The molecule has 0 atom stereocenters. The van der Waals surface area contributed by atoms with E-state index >= 15 is 0 Å². The fourth-order valence-electron chi connectivity index (χ4n) is 2.63. The zero-order valence-corrected chi connectivity index (χ0v) is 14.5. The molecule has 5 nitrogen and oxygen atoms in total. The van der Waals surface area contributed by atoms with Crippen molar-refractivity contribution in [2.24, 2.45) is 5.41 Å². The predicted molar refractivity (Wildman–Crippen MR) is 95.4 cm³/mol. The molecule has 132 valence electrons. The van der Waals surface area contributed by atoms with E-state index in [0.717, 1.165) is 17.0 Å². The normalized spacial score (nSPS) is 23.0. The van der Waals surface area contributed by atoms with Gasteiger partial charge in [0.15, 0.2) is 6.29 Å². The second-order valence-electron chi connectivity index (χ2n) is 6.34. The molecule has 1 amide bonds. The van der Waals surface area contributed by atoms with Crippen molar-refractivity contribution in [2.45, 2.75) is 20.1 Å². The molecule has 2 aromatic rings. The third kappa shape index (κ3) is 4.18. The average molecular weight is 341 g/mol. The van der Waals surface area contributed by atoms with Crippen LogP contribution in [0.15, 0.2) is 54.6 Å². The second-order valence-corrected chi connectivity index (χ2v) is 6.34. The SMILES string of the molecule is CCOc1ccc(NC(=O)C2(C)COC(c3ccccc3)OC2)cc1. The molecule has 0 aromatic heterocycles. The van der Waals surface area contributed by atoms with Crippen LogP contribution < -0.4 is 10.1 Å². The van der Waals surface area contributed by atoms with Gasteiger partial charge in [-0.2, -0.15) is 0 Å². The number of rotatable bonds is 5. The fourth-order valence-corrected chi connectivity index (χ4v) is 2.63. The molecule has 1 saturated heterocycles. The molecular formula is C20H23NO4. The molecule has 5 heteroatoms. The minimum atomic E-state index is -0.732. The van der Waals surface area contributed by atoms with Crippen molar-refractivity contribution in [1.82, 2.24) is 0 Å². The van der Waals surface area contributed by atoms with Gasteiger partial charge in [-0.25, -0.2) is 0 Å². The van der Waals surface area contributed by atoms with Crippen molar-refractivity contribution >= 4 is 11.6 Å². The average Bonchev–Trinajstić information content (AvgIpc) is 2.65. The van der Waals surface area contributed by atoms with Gasteiger partial charge in [-0.1, -0.05) is 30.3 Å². The first-order valence-corrected chi connectivity index (χ1v) is 8.43. The lowest BCUT2D eigenvalue weighted by molar-refractivity contribution is -0.226. The Morgan fingerprint density at radius 2 is 1.76 bits per heavy atom. The number of nitrogens with one attached hydrogen (secondary N) is 1. The number of carbonyl (C=O) groups is 1. The summed E-state index contributed by atoms with van der Waals surface area (Å²) in [5.41, 5.74) is 0.945. The Morgan fingerprint density at radius 1 is 1.12 bits per heavy atom. The first-order chi connectivity index (χ1) is 12.1. The predicted octanol–water partition coefficient (Wildman–Crippen LogP) is 3.78. The molecule has 1 N–H and O–H groups in total. The lowest BCUT2D eigenvalue weighted by Crippen LogP contribution is -2.45. The molecular weight excluding hydrogens is 318 g/mol. The second kappa shape index (κ2) is 7.68. The fraction of sp³-hybridized carbons (Fsp3) is 0.350. The molecule has 0 aliphatic carbocycles. The number of hydrogen-bond donors (Lipinski definition) is 1. The van der Waals surface area contributed by atoms with E-state index in [1.165, 1.54) is 0 Å². The van der Waals surface area contributed by atoms with Crippen LogP contribution in [0.1, 0.15) is 25.7 Å². The summed E-state index contributed by atoms with van der Waals surface area (Å²) in [7, 11) is 0. The highest BCUT2D eigenvalue weighted by Crippen LogP contribution is 2.32. The molecule has 2 aromatic carbocycles. The Hall–Kier alpha value is -2.37. The lowest BCUT2D eigenvalue weighted by Gasteiger charge is -2.36. The summed E-state index contributed by atoms with van der Waals surface area (Å²) in [5, 5.41) is 2.92. The van der Waals surface area contributed by atoms with Crippen molar-refractivity contribution in [3.05, 3.63) is 60.2 Å². The lowest BCUT2D eigenvalue weighted by atomic mass is 9.90. The Morgan fingerprint density at radius 3 is 2.36 bits per heavy atom. The Kier molecular flexibility index (Phi) is 5.36. The molecule has 0 spiro atoms. The Balaban J connectivity index is 1.59.